The van der Waals surface area contributed by atoms with Crippen LogP contribution >= 0.6 is 0 Å². The van der Waals surface area contributed by atoms with Crippen LogP contribution in [0.3, 0.4) is 0 Å². The molecule has 15 rings (SSSR count). The van der Waals surface area contributed by atoms with E-state index in [2.05, 4.69) is 282 Å². The highest BCUT2D eigenvalue weighted by molar-refractivity contribution is 6.11. The van der Waals surface area contributed by atoms with Crippen molar-refractivity contribution in [2.75, 3.05) is 0 Å². The average molecular weight is 956 g/mol. The van der Waals surface area contributed by atoms with E-state index < -0.39 is 5.41 Å². The third-order valence-electron chi connectivity index (χ3n) is 15.5. The van der Waals surface area contributed by atoms with Crippen LogP contribution in [0.25, 0.3) is 111 Å². The van der Waals surface area contributed by atoms with Crippen molar-refractivity contribution in [1.29, 1.82) is 0 Å². The van der Waals surface area contributed by atoms with Gasteiger partial charge in [-0.25, -0.2) is 15.0 Å². The van der Waals surface area contributed by atoms with Crippen molar-refractivity contribution < 1.29 is 0 Å². The molecule has 0 atom stereocenters. The van der Waals surface area contributed by atoms with Gasteiger partial charge < -0.3 is 9.13 Å². The second kappa shape index (κ2) is 17.1. The summed E-state index contributed by atoms with van der Waals surface area (Å²) in [5.41, 5.74) is 18.5. The van der Waals surface area contributed by atoms with E-state index in [-0.39, 0.29) is 0 Å². The smallest absolute Gasteiger partial charge is 0.164 e. The van der Waals surface area contributed by atoms with Crippen molar-refractivity contribution in [3.05, 3.63) is 295 Å². The zero-order chi connectivity index (χ0) is 49.5. The largest absolute Gasteiger partial charge is 0.309 e. The summed E-state index contributed by atoms with van der Waals surface area (Å²) in [5, 5.41) is 4.74. The molecule has 75 heavy (non-hydrogen) atoms. The minimum Gasteiger partial charge on any atom is -0.309 e. The minimum absolute atomic E-state index is 0.573. The monoisotopic (exact) mass is 955 g/mol. The van der Waals surface area contributed by atoms with Crippen LogP contribution in [0.2, 0.25) is 0 Å². The predicted molar refractivity (Wildman–Crippen MR) is 308 cm³/mol. The quantitative estimate of drug-likeness (QED) is 0.152. The Balaban J connectivity index is 0.922. The fraction of sp³-hybridized carbons (Fsp3) is 0.0143. The molecule has 0 aliphatic heterocycles. The van der Waals surface area contributed by atoms with Gasteiger partial charge in [0.25, 0.3) is 0 Å². The summed E-state index contributed by atoms with van der Waals surface area (Å²) in [6, 6.07) is 98.1. The standard InChI is InChI=1S/C70H45N5/c1-5-20-50(21-6-1)70(51-22-7-2-8-23-51)60-32-16-13-30-56(60)66-57(31-19-33-61(66)70)69-72-67(71-68(73-69)49-41-43-65-59(45-49)55-29-15-18-35-63(55)75(65)53-26-11-4-12-27-53)47-38-36-46(37-39-47)48-40-42-64-58(44-48)54-28-14-17-34-62(54)74(64)52-24-9-3-10-25-52/h1-45H. The Kier molecular flexibility index (Phi) is 9.72. The van der Waals surface area contributed by atoms with E-state index in [0.717, 1.165) is 61.2 Å². The first-order valence-electron chi connectivity index (χ1n) is 25.6. The number of rotatable bonds is 8. The molecule has 0 radical (unpaired) electrons. The van der Waals surface area contributed by atoms with Crippen LogP contribution in [0.5, 0.6) is 0 Å². The first-order chi connectivity index (χ1) is 37.2. The van der Waals surface area contributed by atoms with Crippen molar-refractivity contribution >= 4 is 43.6 Å². The van der Waals surface area contributed by atoms with Crippen LogP contribution in [0.4, 0.5) is 0 Å². The molecule has 14 aromatic rings. The summed E-state index contributed by atoms with van der Waals surface area (Å²) in [4.78, 5) is 16.4. The number of fused-ring (bicyclic) bond motifs is 9. The van der Waals surface area contributed by atoms with Crippen LogP contribution in [0.15, 0.2) is 273 Å². The molecule has 0 spiro atoms. The zero-order valence-electron chi connectivity index (χ0n) is 40.7. The molecule has 1 aliphatic rings. The Labute approximate surface area is 434 Å². The molecular weight excluding hydrogens is 911 g/mol. The molecule has 1 aliphatic carbocycles. The third kappa shape index (κ3) is 6.61. The minimum atomic E-state index is -0.573. The molecule has 0 fully saturated rings. The molecule has 5 nitrogen and oxygen atoms in total. The first-order valence-corrected chi connectivity index (χ1v) is 25.6. The Hall–Kier alpha value is -9.97. The van der Waals surface area contributed by atoms with Crippen molar-refractivity contribution in [2.24, 2.45) is 0 Å². The molecule has 0 saturated carbocycles. The van der Waals surface area contributed by atoms with Crippen LogP contribution in [0, 0.1) is 0 Å². The molecule has 11 aromatic carbocycles. The summed E-state index contributed by atoms with van der Waals surface area (Å²) >= 11 is 0. The lowest BCUT2D eigenvalue weighted by Gasteiger charge is -2.33. The highest BCUT2D eigenvalue weighted by Gasteiger charge is 2.47. The molecule has 0 N–H and O–H groups in total. The van der Waals surface area contributed by atoms with Gasteiger partial charge in [0.05, 0.1) is 27.5 Å². The molecule has 5 heteroatoms. The van der Waals surface area contributed by atoms with Gasteiger partial charge in [0.1, 0.15) is 0 Å². The lowest BCUT2D eigenvalue weighted by Crippen LogP contribution is -2.28. The molecule has 3 heterocycles. The highest BCUT2D eigenvalue weighted by atomic mass is 15.0. The number of benzene rings is 11. The summed E-state index contributed by atoms with van der Waals surface area (Å²) in [6.07, 6.45) is 0. The Morgan fingerprint density at radius 3 is 1.28 bits per heavy atom. The fourth-order valence-electron chi connectivity index (χ4n) is 12.2. The lowest BCUT2D eigenvalue weighted by atomic mass is 9.67. The zero-order valence-corrected chi connectivity index (χ0v) is 40.7. The van der Waals surface area contributed by atoms with Crippen molar-refractivity contribution in [3.63, 3.8) is 0 Å². The van der Waals surface area contributed by atoms with Crippen molar-refractivity contribution in [1.82, 2.24) is 24.1 Å². The van der Waals surface area contributed by atoms with E-state index in [9.17, 15) is 0 Å². The molecule has 0 amide bonds. The molecular formula is C70H45N5. The number of aromatic nitrogens is 5. The van der Waals surface area contributed by atoms with E-state index in [0.29, 0.717) is 17.5 Å². The van der Waals surface area contributed by atoms with Gasteiger partial charge >= 0.3 is 0 Å². The fourth-order valence-corrected chi connectivity index (χ4v) is 12.2. The van der Waals surface area contributed by atoms with Crippen molar-refractivity contribution in [2.45, 2.75) is 5.41 Å². The summed E-state index contributed by atoms with van der Waals surface area (Å²) < 4.78 is 4.70. The normalized spacial score (nSPS) is 12.6. The van der Waals surface area contributed by atoms with Crippen LogP contribution < -0.4 is 0 Å². The van der Waals surface area contributed by atoms with Crippen molar-refractivity contribution in [3.8, 4) is 67.8 Å². The average Bonchev–Trinajstić information content (AvgIpc) is 4.21. The van der Waals surface area contributed by atoms with E-state index in [1.165, 1.54) is 55.0 Å². The van der Waals surface area contributed by atoms with Crippen LogP contribution in [0.1, 0.15) is 22.3 Å². The van der Waals surface area contributed by atoms with Gasteiger partial charge in [0, 0.05) is 49.6 Å². The maximum atomic E-state index is 5.51. The predicted octanol–water partition coefficient (Wildman–Crippen LogP) is 17.1. The van der Waals surface area contributed by atoms with Gasteiger partial charge in [-0.2, -0.15) is 0 Å². The Morgan fingerprint density at radius 2 is 0.680 bits per heavy atom. The topological polar surface area (TPSA) is 48.5 Å². The molecule has 0 saturated heterocycles. The van der Waals surface area contributed by atoms with E-state index in [1.807, 2.05) is 0 Å². The van der Waals surface area contributed by atoms with Gasteiger partial charge in [-0.15, -0.1) is 0 Å². The van der Waals surface area contributed by atoms with Gasteiger partial charge in [0.15, 0.2) is 17.5 Å². The van der Waals surface area contributed by atoms with Crippen LogP contribution in [-0.2, 0) is 5.41 Å². The van der Waals surface area contributed by atoms with Crippen LogP contribution in [-0.4, -0.2) is 24.1 Å². The van der Waals surface area contributed by atoms with E-state index in [4.69, 9.17) is 15.0 Å². The summed E-state index contributed by atoms with van der Waals surface area (Å²) in [5.74, 6) is 1.84. The Bertz CT molecular complexity index is 4460. The van der Waals surface area contributed by atoms with Gasteiger partial charge in [-0.05, 0) is 111 Å². The second-order valence-corrected chi connectivity index (χ2v) is 19.5. The maximum absolute atomic E-state index is 5.51. The number of hydrogen-bond donors (Lipinski definition) is 0. The number of nitrogens with zero attached hydrogens (tertiary/aromatic N) is 5. The van der Waals surface area contributed by atoms with Gasteiger partial charge in [-0.3, -0.25) is 0 Å². The molecule has 0 unspecified atom stereocenters. The SMILES string of the molecule is c1ccc(-n2c3ccccc3c3cc(-c4ccc(-c5nc(-c6ccc7c(c6)c6ccccc6n7-c6ccccc6)nc(-c6cccc7c6-c6ccccc6C7(c6ccccc6)c6ccccc6)n5)cc4)ccc32)cc1. The summed E-state index contributed by atoms with van der Waals surface area (Å²) in [6.45, 7) is 0. The van der Waals surface area contributed by atoms with E-state index in [1.54, 1.807) is 0 Å². The Morgan fingerprint density at radius 1 is 0.267 bits per heavy atom. The molecule has 3 aromatic heterocycles. The number of hydrogen-bond acceptors (Lipinski definition) is 3. The lowest BCUT2D eigenvalue weighted by molar-refractivity contribution is 0.768. The third-order valence-corrected chi connectivity index (χ3v) is 15.5. The first kappa shape index (κ1) is 42.7. The maximum Gasteiger partial charge on any atom is 0.164 e. The second-order valence-electron chi connectivity index (χ2n) is 19.5. The molecule has 0 bridgehead atoms. The highest BCUT2D eigenvalue weighted by Crippen LogP contribution is 2.58. The van der Waals surface area contributed by atoms with E-state index >= 15 is 0 Å². The summed E-state index contributed by atoms with van der Waals surface area (Å²) in [7, 11) is 0. The number of para-hydroxylation sites is 4. The van der Waals surface area contributed by atoms with Gasteiger partial charge in [-0.1, -0.05) is 206 Å². The van der Waals surface area contributed by atoms with Gasteiger partial charge in [0.2, 0.25) is 0 Å². The molecule has 350 valence electrons.